The van der Waals surface area contributed by atoms with Crippen molar-refractivity contribution < 1.29 is 14.6 Å². The molecule has 0 spiro atoms. The van der Waals surface area contributed by atoms with E-state index in [0.29, 0.717) is 5.56 Å². The summed E-state index contributed by atoms with van der Waals surface area (Å²) in [6.07, 6.45) is 9.26. The highest BCUT2D eigenvalue weighted by molar-refractivity contribution is 5.80. The number of hydrogen-bond acceptors (Lipinski definition) is 5. The van der Waals surface area contributed by atoms with Gasteiger partial charge in [0.1, 0.15) is 0 Å². The van der Waals surface area contributed by atoms with Gasteiger partial charge >= 0.3 is 0 Å². The number of amides is 1. The molecule has 4 aliphatic carbocycles. The Morgan fingerprint density at radius 1 is 1.32 bits per heavy atom. The fraction of sp³-hybridized carbons (Fsp3) is 0.619. The number of oxime groups is 1. The Hall–Kier alpha value is -2.44. The smallest absolute Gasteiger partial charge is 0.270 e. The van der Waals surface area contributed by atoms with Crippen molar-refractivity contribution >= 4 is 17.8 Å². The Bertz CT molecular complexity index is 756. The molecule has 4 fully saturated rings. The predicted molar refractivity (Wildman–Crippen MR) is 105 cm³/mol. The Kier molecular flexibility index (Phi) is 5.08. The molecular weight excluding hydrogens is 358 g/mol. The third-order valence-electron chi connectivity index (χ3n) is 6.93. The minimum absolute atomic E-state index is 0.00825. The maximum atomic E-state index is 12.3. The molecule has 7 nitrogen and oxygen atoms in total. The number of nitro benzene ring substituents is 1. The van der Waals surface area contributed by atoms with E-state index in [4.69, 9.17) is 4.84 Å². The van der Waals surface area contributed by atoms with Gasteiger partial charge in [-0.3, -0.25) is 14.9 Å². The van der Waals surface area contributed by atoms with E-state index in [9.17, 15) is 14.9 Å². The highest BCUT2D eigenvalue weighted by Gasteiger charge is 2.53. The lowest BCUT2D eigenvalue weighted by Gasteiger charge is -2.59. The molecule has 5 rings (SSSR count). The zero-order valence-electron chi connectivity index (χ0n) is 16.2. The topological polar surface area (TPSA) is 93.8 Å². The Balaban J connectivity index is 1.27. The highest BCUT2D eigenvalue weighted by atomic mass is 16.6. The first-order valence-corrected chi connectivity index (χ1v) is 10.1. The summed E-state index contributed by atoms with van der Waals surface area (Å²) < 4.78 is 0. The molecule has 0 aromatic heterocycles. The number of carbonyl (C=O) groups is 1. The van der Waals surface area contributed by atoms with Gasteiger partial charge in [-0.05, 0) is 68.6 Å². The summed E-state index contributed by atoms with van der Waals surface area (Å²) in [5.74, 6) is 2.38. The molecule has 150 valence electrons. The molecule has 1 aromatic carbocycles. The average molecular weight is 385 g/mol. The van der Waals surface area contributed by atoms with Gasteiger partial charge in [0.25, 0.3) is 11.6 Å². The Morgan fingerprint density at radius 3 is 2.57 bits per heavy atom. The fourth-order valence-electron chi connectivity index (χ4n) is 6.06. The second kappa shape index (κ2) is 7.53. The van der Waals surface area contributed by atoms with Crippen LogP contribution >= 0.6 is 0 Å². The minimum Gasteiger partial charge on any atom is -0.386 e. The first kappa shape index (κ1) is 18.9. The van der Waals surface area contributed by atoms with Crippen molar-refractivity contribution in [2.45, 2.75) is 51.5 Å². The van der Waals surface area contributed by atoms with E-state index in [-0.39, 0.29) is 29.7 Å². The van der Waals surface area contributed by atoms with Gasteiger partial charge < -0.3 is 10.2 Å². The number of non-ortho nitro benzene ring substituents is 1. The predicted octanol–water partition coefficient (Wildman–Crippen LogP) is 3.67. The second-order valence-electron chi connectivity index (χ2n) is 8.93. The van der Waals surface area contributed by atoms with E-state index < -0.39 is 4.92 Å². The van der Waals surface area contributed by atoms with Crippen LogP contribution in [-0.4, -0.2) is 29.7 Å². The standard InChI is InChI=1S/C21H27N3O4/c1-14(21-9-16-5-17(10-21)7-18(6-16)11-21)23-20(25)13-28-22-12-15-3-2-4-19(8-15)24(26)27/h2-4,8,12,14,16-18H,5-7,9-11,13H2,1H3,(H,23,25)/b22-12-/t14-,16?,17?,18?,21?/m1/s1. The van der Waals surface area contributed by atoms with Crippen LogP contribution in [0.4, 0.5) is 5.69 Å². The maximum Gasteiger partial charge on any atom is 0.270 e. The number of benzene rings is 1. The monoisotopic (exact) mass is 385 g/mol. The molecule has 7 heteroatoms. The average Bonchev–Trinajstić information content (AvgIpc) is 2.64. The van der Waals surface area contributed by atoms with Crippen LogP contribution in [0.1, 0.15) is 51.0 Å². The molecule has 0 unspecified atom stereocenters. The van der Waals surface area contributed by atoms with Gasteiger partial charge in [0.2, 0.25) is 0 Å². The summed E-state index contributed by atoms with van der Waals surface area (Å²) in [4.78, 5) is 27.7. The van der Waals surface area contributed by atoms with Gasteiger partial charge in [-0.1, -0.05) is 17.3 Å². The molecule has 4 aliphatic rings. The van der Waals surface area contributed by atoms with Gasteiger partial charge in [0.15, 0.2) is 6.61 Å². The van der Waals surface area contributed by atoms with Crippen LogP contribution < -0.4 is 5.32 Å². The largest absolute Gasteiger partial charge is 0.386 e. The van der Waals surface area contributed by atoms with Gasteiger partial charge in [-0.25, -0.2) is 0 Å². The number of carbonyl (C=O) groups excluding carboxylic acids is 1. The highest BCUT2D eigenvalue weighted by Crippen LogP contribution is 2.61. The normalized spacial score (nSPS) is 31.7. The molecule has 1 N–H and O–H groups in total. The number of hydrogen-bond donors (Lipinski definition) is 1. The lowest BCUT2D eigenvalue weighted by molar-refractivity contribution is -0.384. The Labute approximate surface area is 164 Å². The minimum atomic E-state index is -0.461. The molecule has 0 radical (unpaired) electrons. The van der Waals surface area contributed by atoms with Crippen molar-refractivity contribution in [3.63, 3.8) is 0 Å². The maximum absolute atomic E-state index is 12.3. The lowest BCUT2D eigenvalue weighted by Crippen LogP contribution is -2.56. The fourth-order valence-corrected chi connectivity index (χ4v) is 6.06. The van der Waals surface area contributed by atoms with Gasteiger partial charge in [0, 0.05) is 23.7 Å². The third-order valence-corrected chi connectivity index (χ3v) is 6.93. The number of nitrogens with zero attached hydrogens (tertiary/aromatic N) is 2. The molecule has 0 heterocycles. The number of nitrogens with one attached hydrogen (secondary N) is 1. The molecule has 0 saturated heterocycles. The van der Waals surface area contributed by atoms with Crippen molar-refractivity contribution in [1.82, 2.24) is 5.32 Å². The van der Waals surface area contributed by atoms with Crippen molar-refractivity contribution in [3.8, 4) is 0 Å². The van der Waals surface area contributed by atoms with Gasteiger partial charge in [-0.2, -0.15) is 0 Å². The van der Waals surface area contributed by atoms with Crippen LogP contribution in [-0.2, 0) is 9.63 Å². The van der Waals surface area contributed by atoms with Crippen LogP contribution in [0.15, 0.2) is 29.4 Å². The summed E-state index contributed by atoms with van der Waals surface area (Å²) in [6, 6.07) is 6.24. The third kappa shape index (κ3) is 3.88. The summed E-state index contributed by atoms with van der Waals surface area (Å²) in [5.41, 5.74) is 0.805. The summed E-state index contributed by atoms with van der Waals surface area (Å²) in [7, 11) is 0. The van der Waals surface area contributed by atoms with Crippen molar-refractivity contribution in [1.29, 1.82) is 0 Å². The van der Waals surface area contributed by atoms with E-state index >= 15 is 0 Å². The van der Waals surface area contributed by atoms with Gasteiger partial charge in [0.05, 0.1) is 11.1 Å². The molecule has 1 aromatic rings. The number of nitro groups is 1. The van der Waals surface area contributed by atoms with E-state index in [1.54, 1.807) is 12.1 Å². The van der Waals surface area contributed by atoms with Crippen LogP contribution in [0.3, 0.4) is 0 Å². The molecule has 28 heavy (non-hydrogen) atoms. The van der Waals surface area contributed by atoms with Gasteiger partial charge in [-0.15, -0.1) is 0 Å². The van der Waals surface area contributed by atoms with Crippen LogP contribution in [0.2, 0.25) is 0 Å². The lowest BCUT2D eigenvalue weighted by atomic mass is 9.48. The zero-order valence-corrected chi connectivity index (χ0v) is 16.2. The zero-order chi connectivity index (χ0) is 19.7. The van der Waals surface area contributed by atoms with Crippen molar-refractivity contribution in [2.75, 3.05) is 6.61 Å². The molecule has 4 bridgehead atoms. The van der Waals surface area contributed by atoms with Crippen LogP contribution in [0.5, 0.6) is 0 Å². The van der Waals surface area contributed by atoms with E-state index in [1.165, 1.54) is 56.9 Å². The molecule has 1 atom stereocenters. The van der Waals surface area contributed by atoms with Crippen molar-refractivity contribution in [3.05, 3.63) is 39.9 Å². The summed E-state index contributed by atoms with van der Waals surface area (Å²) in [5, 5.41) is 17.7. The van der Waals surface area contributed by atoms with E-state index in [1.807, 2.05) is 0 Å². The van der Waals surface area contributed by atoms with Crippen LogP contribution in [0.25, 0.3) is 0 Å². The summed E-state index contributed by atoms with van der Waals surface area (Å²) >= 11 is 0. The molecule has 1 amide bonds. The SMILES string of the molecule is C[C@@H](NC(=O)CO/N=C\c1cccc([N+](=O)[O-])c1)C12CC3CC(CC(C3)C1)C2. The molecule has 4 saturated carbocycles. The Morgan fingerprint density at radius 2 is 1.96 bits per heavy atom. The molecular formula is C21H27N3O4. The first-order valence-electron chi connectivity index (χ1n) is 10.1. The number of rotatable bonds is 7. The quantitative estimate of drug-likeness (QED) is 0.440. The first-order chi connectivity index (χ1) is 13.4. The van der Waals surface area contributed by atoms with E-state index in [0.717, 1.165) is 17.8 Å². The summed E-state index contributed by atoms with van der Waals surface area (Å²) in [6.45, 7) is 1.99. The molecule has 0 aliphatic heterocycles. The second-order valence-corrected chi connectivity index (χ2v) is 8.93. The van der Waals surface area contributed by atoms with Crippen molar-refractivity contribution in [2.24, 2.45) is 28.3 Å². The van der Waals surface area contributed by atoms with Crippen LogP contribution in [0, 0.1) is 33.3 Å². The van der Waals surface area contributed by atoms with E-state index in [2.05, 4.69) is 17.4 Å².